The third-order valence-electron chi connectivity index (χ3n) is 4.42. The van der Waals surface area contributed by atoms with Gasteiger partial charge in [0.25, 0.3) is 5.91 Å². The normalized spacial score (nSPS) is 11.6. The third kappa shape index (κ3) is 5.48. The maximum atomic E-state index is 12.4. The molecule has 2 N–H and O–H groups in total. The van der Waals surface area contributed by atoms with Gasteiger partial charge in [0.1, 0.15) is 17.6 Å². The Bertz CT molecular complexity index is 995. The van der Waals surface area contributed by atoms with E-state index in [2.05, 4.69) is 10.6 Å². The molecule has 1 atom stereocenters. The van der Waals surface area contributed by atoms with E-state index in [9.17, 15) is 9.59 Å². The zero-order valence-corrected chi connectivity index (χ0v) is 16.7. The lowest BCUT2D eigenvalue weighted by molar-refractivity contribution is -0.119. The van der Waals surface area contributed by atoms with Gasteiger partial charge in [-0.25, -0.2) is 0 Å². The van der Waals surface area contributed by atoms with Crippen LogP contribution in [0.15, 0.2) is 65.1 Å². The van der Waals surface area contributed by atoms with E-state index >= 15 is 0 Å². The van der Waals surface area contributed by atoms with E-state index < -0.39 is 0 Å². The number of carbonyl (C=O) groups excluding carboxylic acids is 2. The minimum atomic E-state index is -0.353. The first kappa shape index (κ1) is 20.2. The van der Waals surface area contributed by atoms with E-state index in [0.717, 1.165) is 16.9 Å². The summed E-state index contributed by atoms with van der Waals surface area (Å²) in [6, 6.07) is 18.8. The van der Waals surface area contributed by atoms with Crippen LogP contribution in [0.2, 0.25) is 0 Å². The molecule has 0 aliphatic heterocycles. The van der Waals surface area contributed by atoms with Crippen LogP contribution in [0.1, 0.15) is 47.4 Å². The smallest absolute Gasteiger partial charge is 0.291 e. The monoisotopic (exact) mass is 392 g/mol. The fourth-order valence-electron chi connectivity index (χ4n) is 2.84. The Labute approximate surface area is 169 Å². The fraction of sp³-hybridized carbons (Fsp3) is 0.217. The number of benzene rings is 2. The molecule has 3 rings (SSSR count). The van der Waals surface area contributed by atoms with Crippen molar-refractivity contribution < 1.29 is 18.7 Å². The minimum absolute atomic E-state index is 0.0822. The molecule has 0 fully saturated rings. The molecule has 2 aromatic carbocycles. The predicted octanol–water partition coefficient (Wildman–Crippen LogP) is 4.62. The summed E-state index contributed by atoms with van der Waals surface area (Å²) in [4.78, 5) is 23.4. The standard InChI is InChI=1S/C23H24N2O4/c1-15-13-19(28-16(2)18-7-5-4-6-8-18)9-11-21(15)25-23(27)22-12-10-20(29-22)14-24-17(3)26/h4-13,16H,14H2,1-3H3,(H,24,26)(H,25,27). The Morgan fingerprint density at radius 3 is 2.52 bits per heavy atom. The van der Waals surface area contributed by atoms with Crippen LogP contribution < -0.4 is 15.4 Å². The molecule has 1 aromatic heterocycles. The van der Waals surface area contributed by atoms with Crippen molar-refractivity contribution >= 4 is 17.5 Å². The van der Waals surface area contributed by atoms with Crippen molar-refractivity contribution in [2.75, 3.05) is 5.32 Å². The highest BCUT2D eigenvalue weighted by Gasteiger charge is 2.14. The van der Waals surface area contributed by atoms with Crippen LogP contribution in [0.5, 0.6) is 5.75 Å². The number of carbonyl (C=O) groups is 2. The van der Waals surface area contributed by atoms with Crippen molar-refractivity contribution in [3.05, 3.63) is 83.3 Å². The van der Waals surface area contributed by atoms with Crippen LogP contribution in [0, 0.1) is 6.92 Å². The number of amides is 2. The minimum Gasteiger partial charge on any atom is -0.486 e. The van der Waals surface area contributed by atoms with Gasteiger partial charge in [0.15, 0.2) is 5.76 Å². The second-order valence-corrected chi connectivity index (χ2v) is 6.78. The van der Waals surface area contributed by atoms with E-state index in [-0.39, 0.29) is 30.2 Å². The van der Waals surface area contributed by atoms with E-state index in [0.29, 0.717) is 11.4 Å². The molecule has 0 spiro atoms. The van der Waals surface area contributed by atoms with Crippen molar-refractivity contribution in [1.29, 1.82) is 0 Å². The van der Waals surface area contributed by atoms with Gasteiger partial charge in [-0.05, 0) is 55.3 Å². The van der Waals surface area contributed by atoms with Crippen molar-refractivity contribution in [2.24, 2.45) is 0 Å². The molecule has 29 heavy (non-hydrogen) atoms. The van der Waals surface area contributed by atoms with Crippen LogP contribution in [0.25, 0.3) is 0 Å². The highest BCUT2D eigenvalue weighted by molar-refractivity contribution is 6.02. The first-order valence-electron chi connectivity index (χ1n) is 9.39. The van der Waals surface area contributed by atoms with Gasteiger partial charge in [-0.1, -0.05) is 30.3 Å². The van der Waals surface area contributed by atoms with Crippen LogP contribution >= 0.6 is 0 Å². The Morgan fingerprint density at radius 1 is 1.07 bits per heavy atom. The summed E-state index contributed by atoms with van der Waals surface area (Å²) in [5.74, 6) is 0.913. The lowest BCUT2D eigenvalue weighted by atomic mass is 10.1. The molecule has 0 radical (unpaired) electrons. The number of rotatable bonds is 7. The Hall–Kier alpha value is -3.54. The Morgan fingerprint density at radius 2 is 1.83 bits per heavy atom. The highest BCUT2D eigenvalue weighted by Crippen LogP contribution is 2.26. The summed E-state index contributed by atoms with van der Waals surface area (Å²) in [6.07, 6.45) is -0.0822. The molecule has 1 heterocycles. The third-order valence-corrected chi connectivity index (χ3v) is 4.42. The molecule has 1 unspecified atom stereocenters. The molecular formula is C23H24N2O4. The molecular weight excluding hydrogens is 368 g/mol. The Kier molecular flexibility index (Phi) is 6.34. The van der Waals surface area contributed by atoms with Crippen LogP contribution in [-0.4, -0.2) is 11.8 Å². The lowest BCUT2D eigenvalue weighted by Gasteiger charge is -2.16. The molecule has 0 bridgehead atoms. The summed E-state index contributed by atoms with van der Waals surface area (Å²) in [6.45, 7) is 5.57. The van der Waals surface area contributed by atoms with Crippen LogP contribution in [-0.2, 0) is 11.3 Å². The summed E-state index contributed by atoms with van der Waals surface area (Å²) in [5.41, 5.74) is 2.64. The molecule has 2 amide bonds. The summed E-state index contributed by atoms with van der Waals surface area (Å²) in [5, 5.41) is 5.47. The van der Waals surface area contributed by atoms with E-state index in [4.69, 9.17) is 9.15 Å². The second kappa shape index (κ2) is 9.10. The van der Waals surface area contributed by atoms with Gasteiger partial charge in [-0.3, -0.25) is 9.59 Å². The summed E-state index contributed by atoms with van der Waals surface area (Å²) in [7, 11) is 0. The van der Waals surface area contributed by atoms with Gasteiger partial charge in [-0.15, -0.1) is 0 Å². The number of anilines is 1. The number of aryl methyl sites for hydroxylation is 1. The van der Waals surface area contributed by atoms with Crippen molar-refractivity contribution in [3.8, 4) is 5.75 Å². The van der Waals surface area contributed by atoms with Gasteiger partial charge in [0, 0.05) is 12.6 Å². The van der Waals surface area contributed by atoms with Crippen molar-refractivity contribution in [3.63, 3.8) is 0 Å². The number of nitrogens with one attached hydrogen (secondary N) is 2. The molecule has 0 saturated heterocycles. The molecule has 0 aliphatic rings. The maximum Gasteiger partial charge on any atom is 0.291 e. The molecule has 6 heteroatoms. The van der Waals surface area contributed by atoms with Crippen LogP contribution in [0.4, 0.5) is 5.69 Å². The quantitative estimate of drug-likeness (QED) is 0.615. The van der Waals surface area contributed by atoms with Gasteiger partial charge < -0.3 is 19.8 Å². The summed E-state index contributed by atoms with van der Waals surface area (Å²) >= 11 is 0. The lowest BCUT2D eigenvalue weighted by Crippen LogP contribution is -2.18. The SMILES string of the molecule is CC(=O)NCc1ccc(C(=O)Nc2ccc(OC(C)c3ccccc3)cc2C)o1. The number of hydrogen-bond acceptors (Lipinski definition) is 4. The fourth-order valence-corrected chi connectivity index (χ4v) is 2.84. The molecule has 0 saturated carbocycles. The second-order valence-electron chi connectivity index (χ2n) is 6.78. The van der Waals surface area contributed by atoms with Crippen LogP contribution in [0.3, 0.4) is 0 Å². The van der Waals surface area contributed by atoms with Gasteiger partial charge in [0.2, 0.25) is 5.91 Å². The molecule has 0 aliphatic carbocycles. The zero-order valence-electron chi connectivity index (χ0n) is 16.7. The maximum absolute atomic E-state index is 12.4. The molecule has 150 valence electrons. The number of ether oxygens (including phenoxy) is 1. The van der Waals surface area contributed by atoms with E-state index in [1.807, 2.05) is 56.3 Å². The largest absolute Gasteiger partial charge is 0.486 e. The zero-order chi connectivity index (χ0) is 20.8. The van der Waals surface area contributed by atoms with Gasteiger partial charge >= 0.3 is 0 Å². The molecule has 3 aromatic rings. The Balaban J connectivity index is 1.63. The topological polar surface area (TPSA) is 80.6 Å². The van der Waals surface area contributed by atoms with Gasteiger partial charge in [0.05, 0.1) is 6.54 Å². The van der Waals surface area contributed by atoms with Crippen molar-refractivity contribution in [1.82, 2.24) is 5.32 Å². The number of hydrogen-bond donors (Lipinski definition) is 2. The average Bonchev–Trinajstić information content (AvgIpc) is 3.18. The predicted molar refractivity (Wildman–Crippen MR) is 111 cm³/mol. The van der Waals surface area contributed by atoms with E-state index in [1.165, 1.54) is 6.92 Å². The van der Waals surface area contributed by atoms with Crippen molar-refractivity contribution in [2.45, 2.75) is 33.4 Å². The average molecular weight is 392 g/mol. The van der Waals surface area contributed by atoms with E-state index in [1.54, 1.807) is 18.2 Å². The first-order chi connectivity index (χ1) is 13.9. The highest BCUT2D eigenvalue weighted by atomic mass is 16.5. The summed E-state index contributed by atoms with van der Waals surface area (Å²) < 4.78 is 11.5. The first-order valence-corrected chi connectivity index (χ1v) is 9.39. The molecule has 6 nitrogen and oxygen atoms in total. The van der Waals surface area contributed by atoms with Gasteiger partial charge in [-0.2, -0.15) is 0 Å². The number of furan rings is 1.